The lowest BCUT2D eigenvalue weighted by molar-refractivity contribution is 0.0352. The monoisotopic (exact) mass is 315 g/mol. The van der Waals surface area contributed by atoms with Gasteiger partial charge in [-0.1, -0.05) is 49.5 Å². The van der Waals surface area contributed by atoms with Gasteiger partial charge in [0, 0.05) is 17.9 Å². The van der Waals surface area contributed by atoms with Crippen molar-refractivity contribution in [2.75, 3.05) is 18.4 Å². The van der Waals surface area contributed by atoms with Gasteiger partial charge < -0.3 is 0 Å². The van der Waals surface area contributed by atoms with Gasteiger partial charge in [-0.2, -0.15) is 0 Å². The Morgan fingerprint density at radius 1 is 1.11 bits per heavy atom. The molecule has 0 N–H and O–H groups in total. The van der Waals surface area contributed by atoms with Gasteiger partial charge in [-0.05, 0) is 49.5 Å². The zero-order chi connectivity index (χ0) is 13.2. The molecule has 3 atom stereocenters. The lowest BCUT2D eigenvalue weighted by atomic mass is 9.76. The molecule has 0 radical (unpaired) electrons. The van der Waals surface area contributed by atoms with Crippen LogP contribution in [0.15, 0.2) is 0 Å². The molecule has 1 heterocycles. The Labute approximate surface area is 122 Å². The molecule has 2 heteroatoms. The first-order valence-corrected chi connectivity index (χ1v) is 8.94. The molecule has 2 fully saturated rings. The Morgan fingerprint density at radius 2 is 1.78 bits per heavy atom. The molecule has 0 aromatic heterocycles. The van der Waals surface area contributed by atoms with Crippen LogP contribution in [0.2, 0.25) is 0 Å². The zero-order valence-corrected chi connectivity index (χ0v) is 14.0. The van der Waals surface area contributed by atoms with Crippen LogP contribution < -0.4 is 0 Å². The van der Waals surface area contributed by atoms with Crippen LogP contribution in [0.4, 0.5) is 0 Å². The predicted octanol–water partition coefficient (Wildman–Crippen LogP) is 4.70. The third kappa shape index (κ3) is 3.50. The Bertz CT molecular complexity index is 256. The second-order valence-electron chi connectivity index (χ2n) is 7.47. The molecular formula is C16H30BrN. The Balaban J connectivity index is 1.98. The number of rotatable bonds is 3. The van der Waals surface area contributed by atoms with E-state index in [9.17, 15) is 0 Å². The fourth-order valence-electron chi connectivity index (χ4n) is 3.79. The van der Waals surface area contributed by atoms with E-state index in [2.05, 4.69) is 41.6 Å². The minimum absolute atomic E-state index is 0.422. The zero-order valence-electron chi connectivity index (χ0n) is 12.4. The van der Waals surface area contributed by atoms with Gasteiger partial charge in [0.1, 0.15) is 0 Å². The molecule has 1 aliphatic heterocycles. The van der Waals surface area contributed by atoms with Crippen LogP contribution >= 0.6 is 15.9 Å². The first-order valence-electron chi connectivity index (χ1n) is 7.82. The average molecular weight is 316 g/mol. The first-order chi connectivity index (χ1) is 8.52. The van der Waals surface area contributed by atoms with Gasteiger partial charge >= 0.3 is 0 Å². The van der Waals surface area contributed by atoms with Gasteiger partial charge in [-0.25, -0.2) is 0 Å². The first kappa shape index (κ1) is 14.8. The Hall–Kier alpha value is 0.440. The summed E-state index contributed by atoms with van der Waals surface area (Å²) in [6, 6.07) is 0.913. The van der Waals surface area contributed by atoms with Crippen molar-refractivity contribution < 1.29 is 0 Å². The standard InChI is InChI=1S/C16H30BrN/c1-16(2,3)14(11-17)12-18-10-6-8-13-7-4-5-9-15(13)18/h13-15H,4-12H2,1-3H3. The SMILES string of the molecule is CC(C)(C)C(CBr)CN1CCCC2CCCCC21. The number of hydrogen-bond acceptors (Lipinski definition) is 1. The number of fused-ring (bicyclic) bond motifs is 1. The van der Waals surface area contributed by atoms with Gasteiger partial charge in [0.05, 0.1) is 0 Å². The molecule has 18 heavy (non-hydrogen) atoms. The van der Waals surface area contributed by atoms with Gasteiger partial charge in [0.15, 0.2) is 0 Å². The summed E-state index contributed by atoms with van der Waals surface area (Å²) >= 11 is 3.74. The van der Waals surface area contributed by atoms with E-state index < -0.39 is 0 Å². The number of likely N-dealkylation sites (tertiary alicyclic amines) is 1. The molecule has 0 spiro atoms. The fourth-order valence-corrected chi connectivity index (χ4v) is 4.97. The van der Waals surface area contributed by atoms with Crippen molar-refractivity contribution in [1.29, 1.82) is 0 Å². The highest BCUT2D eigenvalue weighted by Crippen LogP contribution is 2.37. The maximum Gasteiger partial charge on any atom is 0.0124 e. The quantitative estimate of drug-likeness (QED) is 0.682. The third-order valence-electron chi connectivity index (χ3n) is 5.22. The third-order valence-corrected chi connectivity index (χ3v) is 6.01. The molecule has 1 aliphatic carbocycles. The Morgan fingerprint density at radius 3 is 2.44 bits per heavy atom. The maximum absolute atomic E-state index is 3.74. The Kier molecular flexibility index (Phi) is 5.16. The van der Waals surface area contributed by atoms with E-state index in [1.54, 1.807) is 0 Å². The van der Waals surface area contributed by atoms with E-state index in [1.165, 1.54) is 51.6 Å². The summed E-state index contributed by atoms with van der Waals surface area (Å²) in [5, 5.41) is 1.14. The summed E-state index contributed by atoms with van der Waals surface area (Å²) in [6.45, 7) is 9.82. The lowest BCUT2D eigenvalue weighted by Crippen LogP contribution is -2.50. The van der Waals surface area contributed by atoms with E-state index in [-0.39, 0.29) is 0 Å². The maximum atomic E-state index is 3.74. The summed E-state index contributed by atoms with van der Waals surface area (Å²) in [7, 11) is 0. The largest absolute Gasteiger partial charge is 0.300 e. The van der Waals surface area contributed by atoms with E-state index >= 15 is 0 Å². The molecule has 0 amide bonds. The molecule has 3 unspecified atom stereocenters. The summed E-state index contributed by atoms with van der Waals surface area (Å²) < 4.78 is 0. The number of halogens is 1. The van der Waals surface area contributed by atoms with Crippen molar-refractivity contribution in [1.82, 2.24) is 4.90 Å². The van der Waals surface area contributed by atoms with Crippen LogP contribution in [0.5, 0.6) is 0 Å². The molecule has 1 saturated carbocycles. The molecule has 0 bridgehead atoms. The molecule has 0 aromatic carbocycles. The van der Waals surface area contributed by atoms with Crippen LogP contribution in [-0.4, -0.2) is 29.4 Å². The number of piperidine rings is 1. The van der Waals surface area contributed by atoms with Crippen LogP contribution in [0.25, 0.3) is 0 Å². The van der Waals surface area contributed by atoms with Crippen molar-refractivity contribution in [3.63, 3.8) is 0 Å². The number of nitrogens with zero attached hydrogens (tertiary/aromatic N) is 1. The highest BCUT2D eigenvalue weighted by molar-refractivity contribution is 9.09. The summed E-state index contributed by atoms with van der Waals surface area (Å²) in [5.74, 6) is 1.79. The molecule has 106 valence electrons. The summed E-state index contributed by atoms with van der Waals surface area (Å²) in [4.78, 5) is 2.84. The van der Waals surface area contributed by atoms with Crippen molar-refractivity contribution in [2.45, 2.75) is 65.3 Å². The molecule has 1 nitrogen and oxygen atoms in total. The van der Waals surface area contributed by atoms with Crippen molar-refractivity contribution in [3.05, 3.63) is 0 Å². The normalized spacial score (nSPS) is 32.0. The summed E-state index contributed by atoms with van der Waals surface area (Å²) in [5.41, 5.74) is 0.422. The van der Waals surface area contributed by atoms with Gasteiger partial charge in [-0.3, -0.25) is 4.90 Å². The second kappa shape index (κ2) is 6.26. The van der Waals surface area contributed by atoms with Gasteiger partial charge in [0.25, 0.3) is 0 Å². The number of hydrogen-bond donors (Lipinski definition) is 0. The van der Waals surface area contributed by atoms with Crippen molar-refractivity contribution >= 4 is 15.9 Å². The minimum atomic E-state index is 0.422. The van der Waals surface area contributed by atoms with Crippen molar-refractivity contribution in [2.24, 2.45) is 17.3 Å². The molecule has 2 rings (SSSR count). The topological polar surface area (TPSA) is 3.24 Å². The van der Waals surface area contributed by atoms with E-state index in [0.717, 1.165) is 23.2 Å². The smallest absolute Gasteiger partial charge is 0.0124 e. The van der Waals surface area contributed by atoms with Crippen molar-refractivity contribution in [3.8, 4) is 0 Å². The van der Waals surface area contributed by atoms with Gasteiger partial charge in [-0.15, -0.1) is 0 Å². The van der Waals surface area contributed by atoms with E-state index in [1.807, 2.05) is 0 Å². The summed E-state index contributed by atoms with van der Waals surface area (Å²) in [6.07, 6.45) is 8.83. The second-order valence-corrected chi connectivity index (χ2v) is 8.11. The van der Waals surface area contributed by atoms with Crippen LogP contribution in [0.1, 0.15) is 59.3 Å². The van der Waals surface area contributed by atoms with Crippen LogP contribution in [0.3, 0.4) is 0 Å². The number of alkyl halides is 1. The van der Waals surface area contributed by atoms with Crippen LogP contribution in [-0.2, 0) is 0 Å². The minimum Gasteiger partial charge on any atom is -0.300 e. The van der Waals surface area contributed by atoms with E-state index in [0.29, 0.717) is 5.41 Å². The van der Waals surface area contributed by atoms with Crippen LogP contribution in [0, 0.1) is 17.3 Å². The molecular weight excluding hydrogens is 286 g/mol. The predicted molar refractivity (Wildman–Crippen MR) is 83.3 cm³/mol. The average Bonchev–Trinajstić information content (AvgIpc) is 2.34. The highest BCUT2D eigenvalue weighted by Gasteiger charge is 2.35. The highest BCUT2D eigenvalue weighted by atomic mass is 79.9. The fraction of sp³-hybridized carbons (Fsp3) is 1.00. The lowest BCUT2D eigenvalue weighted by Gasteiger charge is -2.46. The molecule has 0 aromatic rings. The molecule has 2 aliphatic rings. The van der Waals surface area contributed by atoms with Gasteiger partial charge in [0.2, 0.25) is 0 Å². The molecule has 1 saturated heterocycles. The van der Waals surface area contributed by atoms with E-state index in [4.69, 9.17) is 0 Å².